The Balaban J connectivity index is 1.79. The molecule has 0 unspecified atom stereocenters. The predicted molar refractivity (Wildman–Crippen MR) is 83.3 cm³/mol. The largest absolute Gasteiger partial charge is 0.493 e. The van der Waals surface area contributed by atoms with Crippen molar-refractivity contribution in [3.05, 3.63) is 54.1 Å². The van der Waals surface area contributed by atoms with E-state index in [-0.39, 0.29) is 11.5 Å². The number of ether oxygens (including phenoxy) is 3. The molecule has 23 heavy (non-hydrogen) atoms. The smallest absolute Gasteiger partial charge is 0.387 e. The molecule has 124 valence electrons. The Morgan fingerprint density at radius 1 is 1.04 bits per heavy atom. The fourth-order valence-corrected chi connectivity index (χ4v) is 2.01. The molecule has 0 radical (unpaired) electrons. The highest BCUT2D eigenvalue weighted by molar-refractivity contribution is 5.43. The molecule has 0 saturated carbocycles. The molecule has 0 aliphatic heterocycles. The molecule has 4 nitrogen and oxygen atoms in total. The number of methoxy groups -OCH3 is 1. The van der Waals surface area contributed by atoms with Gasteiger partial charge in [0.05, 0.1) is 7.11 Å². The normalized spacial score (nSPS) is 10.6. The van der Waals surface area contributed by atoms with Crippen LogP contribution >= 0.6 is 0 Å². The molecule has 2 aromatic carbocycles. The number of alkyl halides is 2. The minimum absolute atomic E-state index is 0.0299. The van der Waals surface area contributed by atoms with Crippen molar-refractivity contribution in [2.75, 3.05) is 20.3 Å². The van der Waals surface area contributed by atoms with Gasteiger partial charge in [0, 0.05) is 13.1 Å². The van der Waals surface area contributed by atoms with Gasteiger partial charge in [0.25, 0.3) is 0 Å². The van der Waals surface area contributed by atoms with Crippen molar-refractivity contribution in [2.24, 2.45) is 0 Å². The number of nitrogens with one attached hydrogen (secondary N) is 1. The van der Waals surface area contributed by atoms with Crippen LogP contribution < -0.4 is 19.5 Å². The third-order valence-electron chi connectivity index (χ3n) is 3.06. The average molecular weight is 323 g/mol. The molecule has 1 N–H and O–H groups in total. The van der Waals surface area contributed by atoms with E-state index in [9.17, 15) is 8.78 Å². The summed E-state index contributed by atoms with van der Waals surface area (Å²) in [5.41, 5.74) is 0.821. The van der Waals surface area contributed by atoms with Gasteiger partial charge >= 0.3 is 6.61 Å². The first kappa shape index (κ1) is 17.0. The third kappa shape index (κ3) is 5.75. The van der Waals surface area contributed by atoms with Gasteiger partial charge in [-0.2, -0.15) is 8.78 Å². The van der Waals surface area contributed by atoms with Crippen LogP contribution in [0.1, 0.15) is 5.56 Å². The summed E-state index contributed by atoms with van der Waals surface area (Å²) < 4.78 is 39.7. The maximum absolute atomic E-state index is 12.4. The van der Waals surface area contributed by atoms with E-state index in [1.165, 1.54) is 13.2 Å². The Bertz CT molecular complexity index is 594. The van der Waals surface area contributed by atoms with Gasteiger partial charge in [0.1, 0.15) is 12.4 Å². The zero-order valence-corrected chi connectivity index (χ0v) is 12.8. The summed E-state index contributed by atoms with van der Waals surface area (Å²) in [4.78, 5) is 0. The van der Waals surface area contributed by atoms with Crippen LogP contribution in [0.3, 0.4) is 0 Å². The molecule has 0 aliphatic carbocycles. The number of hydrogen-bond donors (Lipinski definition) is 1. The summed E-state index contributed by atoms with van der Waals surface area (Å²) in [6.45, 7) is -1.22. The summed E-state index contributed by atoms with van der Waals surface area (Å²) in [6.07, 6.45) is 0. The van der Waals surface area contributed by atoms with E-state index in [0.717, 1.165) is 11.3 Å². The highest BCUT2D eigenvalue weighted by Gasteiger charge is 2.11. The number of halogens is 2. The molecular weight excluding hydrogens is 304 g/mol. The Kier molecular flexibility index (Phi) is 6.62. The molecule has 0 atom stereocenters. The second-order valence-corrected chi connectivity index (χ2v) is 4.70. The molecule has 2 aromatic rings. The topological polar surface area (TPSA) is 39.7 Å². The van der Waals surface area contributed by atoms with Crippen molar-refractivity contribution in [1.82, 2.24) is 5.32 Å². The number of rotatable bonds is 9. The van der Waals surface area contributed by atoms with E-state index < -0.39 is 6.61 Å². The third-order valence-corrected chi connectivity index (χ3v) is 3.06. The van der Waals surface area contributed by atoms with Gasteiger partial charge in [-0.05, 0) is 29.8 Å². The van der Waals surface area contributed by atoms with E-state index >= 15 is 0 Å². The number of hydrogen-bond acceptors (Lipinski definition) is 4. The number of benzene rings is 2. The van der Waals surface area contributed by atoms with Crippen LogP contribution in [0.2, 0.25) is 0 Å². The molecule has 0 aromatic heterocycles. The first-order chi connectivity index (χ1) is 11.2. The van der Waals surface area contributed by atoms with Crippen LogP contribution in [0.5, 0.6) is 17.2 Å². The van der Waals surface area contributed by atoms with Crippen LogP contribution in [-0.2, 0) is 6.54 Å². The SMILES string of the molecule is COc1ccc(CNCCOc2ccccc2)cc1OC(F)F. The zero-order valence-electron chi connectivity index (χ0n) is 12.8. The van der Waals surface area contributed by atoms with E-state index in [0.29, 0.717) is 19.7 Å². The van der Waals surface area contributed by atoms with E-state index in [2.05, 4.69) is 10.1 Å². The lowest BCUT2D eigenvalue weighted by Crippen LogP contribution is -2.20. The van der Waals surface area contributed by atoms with Crippen LogP contribution in [0.4, 0.5) is 8.78 Å². The fourth-order valence-electron chi connectivity index (χ4n) is 2.01. The summed E-state index contributed by atoms with van der Waals surface area (Å²) in [6, 6.07) is 14.4. The first-order valence-electron chi connectivity index (χ1n) is 7.19. The average Bonchev–Trinajstić information content (AvgIpc) is 2.55. The summed E-state index contributed by atoms with van der Waals surface area (Å²) in [7, 11) is 1.41. The Labute approximate surface area is 134 Å². The van der Waals surface area contributed by atoms with Gasteiger partial charge < -0.3 is 19.5 Å². The van der Waals surface area contributed by atoms with Crippen molar-refractivity contribution in [3.8, 4) is 17.2 Å². The second-order valence-electron chi connectivity index (χ2n) is 4.70. The molecule has 0 saturated heterocycles. The summed E-state index contributed by atoms with van der Waals surface area (Å²) >= 11 is 0. The van der Waals surface area contributed by atoms with Crippen LogP contribution in [-0.4, -0.2) is 26.9 Å². The Morgan fingerprint density at radius 3 is 2.52 bits per heavy atom. The van der Waals surface area contributed by atoms with Crippen molar-refractivity contribution in [1.29, 1.82) is 0 Å². The Morgan fingerprint density at radius 2 is 1.83 bits per heavy atom. The fraction of sp³-hybridized carbons (Fsp3) is 0.294. The maximum Gasteiger partial charge on any atom is 0.387 e. The predicted octanol–water partition coefficient (Wildman–Crippen LogP) is 3.47. The van der Waals surface area contributed by atoms with Gasteiger partial charge in [0.2, 0.25) is 0 Å². The zero-order chi connectivity index (χ0) is 16.5. The molecule has 2 rings (SSSR count). The van der Waals surface area contributed by atoms with Crippen molar-refractivity contribution in [3.63, 3.8) is 0 Å². The summed E-state index contributed by atoms with van der Waals surface area (Å²) in [5, 5.41) is 3.18. The highest BCUT2D eigenvalue weighted by Crippen LogP contribution is 2.29. The maximum atomic E-state index is 12.4. The van der Waals surface area contributed by atoms with Gasteiger partial charge in [-0.15, -0.1) is 0 Å². The van der Waals surface area contributed by atoms with Gasteiger partial charge in [0.15, 0.2) is 11.5 Å². The van der Waals surface area contributed by atoms with Crippen molar-refractivity contribution < 1.29 is 23.0 Å². The molecule has 0 fully saturated rings. The second kappa shape index (κ2) is 8.95. The van der Waals surface area contributed by atoms with E-state index in [4.69, 9.17) is 9.47 Å². The monoisotopic (exact) mass is 323 g/mol. The molecule has 0 heterocycles. The van der Waals surface area contributed by atoms with Gasteiger partial charge in [-0.1, -0.05) is 24.3 Å². The lowest BCUT2D eigenvalue weighted by atomic mass is 10.2. The van der Waals surface area contributed by atoms with Gasteiger partial charge in [-0.3, -0.25) is 0 Å². The van der Waals surface area contributed by atoms with Crippen molar-refractivity contribution in [2.45, 2.75) is 13.2 Å². The first-order valence-corrected chi connectivity index (χ1v) is 7.19. The lowest BCUT2D eigenvalue weighted by Gasteiger charge is -2.12. The minimum atomic E-state index is -2.88. The molecule has 0 amide bonds. The molecular formula is C17H19F2NO3. The highest BCUT2D eigenvalue weighted by atomic mass is 19.3. The van der Waals surface area contributed by atoms with Crippen LogP contribution in [0.25, 0.3) is 0 Å². The lowest BCUT2D eigenvalue weighted by molar-refractivity contribution is -0.0512. The molecule has 0 bridgehead atoms. The molecule has 6 heteroatoms. The Hall–Kier alpha value is -2.34. The standard InChI is InChI=1S/C17H19F2NO3/c1-21-15-8-7-13(11-16(15)23-17(18)19)12-20-9-10-22-14-5-3-2-4-6-14/h2-8,11,17,20H,9-10,12H2,1H3. The molecule has 0 aliphatic rings. The van der Waals surface area contributed by atoms with Gasteiger partial charge in [-0.25, -0.2) is 0 Å². The quantitative estimate of drug-likeness (QED) is 0.717. The number of para-hydroxylation sites is 1. The van der Waals surface area contributed by atoms with E-state index in [1.807, 2.05) is 30.3 Å². The van der Waals surface area contributed by atoms with Crippen LogP contribution in [0.15, 0.2) is 48.5 Å². The summed E-state index contributed by atoms with van der Waals surface area (Å²) in [5.74, 6) is 1.12. The van der Waals surface area contributed by atoms with Crippen molar-refractivity contribution >= 4 is 0 Å². The van der Waals surface area contributed by atoms with E-state index in [1.54, 1.807) is 12.1 Å². The van der Waals surface area contributed by atoms with Crippen LogP contribution in [0, 0.1) is 0 Å². The minimum Gasteiger partial charge on any atom is -0.493 e. The molecule has 0 spiro atoms.